The molecule has 0 aliphatic rings. The van der Waals surface area contributed by atoms with Crippen LogP contribution in [0.15, 0.2) is 24.4 Å². The summed E-state index contributed by atoms with van der Waals surface area (Å²) in [6, 6.07) is 4.47. The first-order chi connectivity index (χ1) is 8.36. The van der Waals surface area contributed by atoms with E-state index in [1.807, 2.05) is 0 Å². The van der Waals surface area contributed by atoms with Gasteiger partial charge in [-0.1, -0.05) is 11.6 Å². The second-order valence-corrected chi connectivity index (χ2v) is 3.97. The van der Waals surface area contributed by atoms with Crippen molar-refractivity contribution in [3.63, 3.8) is 0 Å². The molecule has 2 aromatic rings. The third-order valence-electron chi connectivity index (χ3n) is 2.14. The van der Waals surface area contributed by atoms with Crippen LogP contribution in [-0.4, -0.2) is 15.0 Å². The van der Waals surface area contributed by atoms with E-state index in [1.54, 1.807) is 19.1 Å². The number of aromatic nitrogens is 3. The fourth-order valence-corrected chi connectivity index (χ4v) is 1.58. The average molecular weight is 274 g/mol. The second kappa shape index (κ2) is 4.53. The topological polar surface area (TPSA) is 38.7 Å². The molecule has 0 unspecified atom stereocenters. The van der Waals surface area contributed by atoms with Gasteiger partial charge in [-0.2, -0.15) is 13.2 Å². The fraction of sp³-hybridized carbons (Fsp3) is 0.182. The zero-order valence-electron chi connectivity index (χ0n) is 9.16. The predicted octanol–water partition coefficient (Wildman–Crippen LogP) is 3.52. The summed E-state index contributed by atoms with van der Waals surface area (Å²) < 4.78 is 37.6. The van der Waals surface area contributed by atoms with Crippen LogP contribution >= 0.6 is 11.6 Å². The Morgan fingerprint density at radius 3 is 2.50 bits per heavy atom. The average Bonchev–Trinajstić information content (AvgIpc) is 2.27. The predicted molar refractivity (Wildman–Crippen MR) is 60.0 cm³/mol. The summed E-state index contributed by atoms with van der Waals surface area (Å²) in [5.74, 6) is -1.25. The minimum absolute atomic E-state index is 0.118. The smallest absolute Gasteiger partial charge is 0.262 e. The highest BCUT2D eigenvalue weighted by atomic mass is 35.5. The molecular weight excluding hydrogens is 267 g/mol. The molecule has 0 atom stereocenters. The molecule has 0 saturated heterocycles. The molecular formula is C11H7ClF3N3. The molecule has 0 aliphatic carbocycles. The van der Waals surface area contributed by atoms with E-state index < -0.39 is 12.0 Å². The maximum absolute atomic E-state index is 12.5. The molecule has 0 aromatic carbocycles. The summed E-state index contributed by atoms with van der Waals surface area (Å²) in [5, 5.41) is -0.248. The van der Waals surface area contributed by atoms with E-state index in [2.05, 4.69) is 15.0 Å². The van der Waals surface area contributed by atoms with Crippen LogP contribution in [0, 0.1) is 6.92 Å². The molecule has 0 radical (unpaired) electrons. The minimum Gasteiger partial charge on any atom is -0.262 e. The first-order valence-electron chi connectivity index (χ1n) is 4.91. The largest absolute Gasteiger partial charge is 0.451 e. The van der Waals surface area contributed by atoms with Gasteiger partial charge in [-0.3, -0.25) is 4.98 Å². The summed E-state index contributed by atoms with van der Waals surface area (Å²) in [4.78, 5) is 10.6. The molecule has 7 heteroatoms. The Morgan fingerprint density at radius 1 is 1.17 bits per heavy atom. The van der Waals surface area contributed by atoms with Crippen molar-refractivity contribution in [2.75, 3.05) is 0 Å². The fourth-order valence-electron chi connectivity index (χ4n) is 1.40. The summed E-state index contributed by atoms with van der Waals surface area (Å²) in [6.07, 6.45) is -3.13. The van der Waals surface area contributed by atoms with Gasteiger partial charge >= 0.3 is 6.18 Å². The number of aryl methyl sites for hydroxylation is 1. The van der Waals surface area contributed by atoms with Gasteiger partial charge in [0.1, 0.15) is 5.15 Å². The van der Waals surface area contributed by atoms with Crippen LogP contribution in [0.1, 0.15) is 11.5 Å². The number of alkyl halides is 3. The molecule has 2 heterocycles. The number of halogens is 4. The van der Waals surface area contributed by atoms with E-state index in [0.717, 1.165) is 0 Å². The lowest BCUT2D eigenvalue weighted by Gasteiger charge is -2.08. The molecule has 2 rings (SSSR count). The highest BCUT2D eigenvalue weighted by Crippen LogP contribution is 2.29. The monoisotopic (exact) mass is 273 g/mol. The quantitative estimate of drug-likeness (QED) is 0.746. The van der Waals surface area contributed by atoms with Crippen LogP contribution in [0.3, 0.4) is 0 Å². The first-order valence-corrected chi connectivity index (χ1v) is 5.29. The number of nitrogens with zero attached hydrogens (tertiary/aromatic N) is 3. The van der Waals surface area contributed by atoms with E-state index in [0.29, 0.717) is 11.3 Å². The highest BCUT2D eigenvalue weighted by Gasteiger charge is 2.35. The van der Waals surface area contributed by atoms with Gasteiger partial charge in [-0.25, -0.2) is 9.97 Å². The third kappa shape index (κ3) is 2.76. The maximum Gasteiger partial charge on any atom is 0.451 e. The van der Waals surface area contributed by atoms with E-state index in [-0.39, 0.29) is 10.8 Å². The van der Waals surface area contributed by atoms with Crippen molar-refractivity contribution in [1.82, 2.24) is 15.0 Å². The standard InChI is InChI=1S/C11H7ClF3N3/c1-6-4-7(2-3-16-6)8-5-9(12)18-10(17-8)11(13,14)15/h2-5H,1H3. The molecule has 0 amide bonds. The van der Waals surface area contributed by atoms with Gasteiger partial charge in [-0.15, -0.1) is 0 Å². The Balaban J connectivity index is 2.55. The lowest BCUT2D eigenvalue weighted by atomic mass is 10.1. The van der Waals surface area contributed by atoms with Crippen molar-refractivity contribution in [2.24, 2.45) is 0 Å². The zero-order valence-corrected chi connectivity index (χ0v) is 9.92. The number of rotatable bonds is 1. The lowest BCUT2D eigenvalue weighted by molar-refractivity contribution is -0.144. The van der Waals surface area contributed by atoms with E-state index in [9.17, 15) is 13.2 Å². The molecule has 0 bridgehead atoms. The summed E-state index contributed by atoms with van der Waals surface area (Å²) in [5.41, 5.74) is 1.31. The number of pyridine rings is 1. The van der Waals surface area contributed by atoms with E-state index >= 15 is 0 Å². The van der Waals surface area contributed by atoms with Crippen molar-refractivity contribution >= 4 is 11.6 Å². The van der Waals surface area contributed by atoms with Crippen molar-refractivity contribution in [2.45, 2.75) is 13.1 Å². The third-order valence-corrected chi connectivity index (χ3v) is 2.33. The normalized spacial score (nSPS) is 11.6. The van der Waals surface area contributed by atoms with Crippen molar-refractivity contribution in [3.05, 3.63) is 41.1 Å². The van der Waals surface area contributed by atoms with Crippen LogP contribution in [0.25, 0.3) is 11.3 Å². The molecule has 18 heavy (non-hydrogen) atoms. The molecule has 2 aromatic heterocycles. The summed E-state index contributed by atoms with van der Waals surface area (Å²) >= 11 is 5.58. The van der Waals surface area contributed by atoms with Crippen LogP contribution < -0.4 is 0 Å². The Hall–Kier alpha value is -1.69. The molecule has 0 fully saturated rings. The van der Waals surface area contributed by atoms with Crippen LogP contribution in [0.4, 0.5) is 13.2 Å². The minimum atomic E-state index is -4.62. The first kappa shape index (κ1) is 12.8. The van der Waals surface area contributed by atoms with E-state index in [4.69, 9.17) is 11.6 Å². The van der Waals surface area contributed by atoms with Gasteiger partial charge < -0.3 is 0 Å². The number of hydrogen-bond acceptors (Lipinski definition) is 3. The van der Waals surface area contributed by atoms with Crippen LogP contribution in [0.2, 0.25) is 5.15 Å². The molecule has 0 N–H and O–H groups in total. The van der Waals surface area contributed by atoms with E-state index in [1.165, 1.54) is 12.3 Å². The SMILES string of the molecule is Cc1cc(-c2cc(Cl)nc(C(F)(F)F)n2)ccn1. The van der Waals surface area contributed by atoms with Crippen molar-refractivity contribution in [1.29, 1.82) is 0 Å². The lowest BCUT2D eigenvalue weighted by Crippen LogP contribution is -2.11. The van der Waals surface area contributed by atoms with Crippen molar-refractivity contribution in [3.8, 4) is 11.3 Å². The zero-order chi connectivity index (χ0) is 13.3. The number of hydrogen-bond donors (Lipinski definition) is 0. The van der Waals surface area contributed by atoms with Gasteiger partial charge in [0.2, 0.25) is 5.82 Å². The molecule has 0 spiro atoms. The van der Waals surface area contributed by atoms with Gasteiger partial charge in [0, 0.05) is 23.5 Å². The Labute approximate surface area is 106 Å². The Kier molecular flexibility index (Phi) is 3.21. The molecule has 0 saturated carbocycles. The van der Waals surface area contributed by atoms with Gasteiger partial charge in [-0.05, 0) is 19.1 Å². The summed E-state index contributed by atoms with van der Waals surface area (Å²) in [7, 11) is 0. The van der Waals surface area contributed by atoms with Gasteiger partial charge in [0.15, 0.2) is 0 Å². The second-order valence-electron chi connectivity index (χ2n) is 3.58. The van der Waals surface area contributed by atoms with Gasteiger partial charge in [0.25, 0.3) is 0 Å². The Morgan fingerprint density at radius 2 is 1.89 bits per heavy atom. The molecule has 0 aliphatic heterocycles. The van der Waals surface area contributed by atoms with Gasteiger partial charge in [0.05, 0.1) is 5.69 Å². The highest BCUT2D eigenvalue weighted by molar-refractivity contribution is 6.29. The van der Waals surface area contributed by atoms with Crippen LogP contribution in [-0.2, 0) is 6.18 Å². The molecule has 3 nitrogen and oxygen atoms in total. The Bertz CT molecular complexity index is 584. The van der Waals surface area contributed by atoms with Crippen molar-refractivity contribution < 1.29 is 13.2 Å². The summed E-state index contributed by atoms with van der Waals surface area (Å²) in [6.45, 7) is 1.73. The molecule has 94 valence electrons. The maximum atomic E-state index is 12.5. The van der Waals surface area contributed by atoms with Crippen LogP contribution in [0.5, 0.6) is 0 Å².